The molecule has 1 aromatic heterocycles. The lowest BCUT2D eigenvalue weighted by Gasteiger charge is -2.38. The first kappa shape index (κ1) is 13.1. The van der Waals surface area contributed by atoms with E-state index >= 15 is 0 Å². The molecule has 0 aliphatic heterocycles. The molecule has 0 radical (unpaired) electrons. The summed E-state index contributed by atoms with van der Waals surface area (Å²) in [6.07, 6.45) is 5.38. The Morgan fingerprint density at radius 3 is 2.78 bits per heavy atom. The van der Waals surface area contributed by atoms with Crippen LogP contribution in [0.5, 0.6) is 0 Å². The van der Waals surface area contributed by atoms with Crippen LogP contribution in [0.4, 0.5) is 0 Å². The molecule has 2 rings (SSSR count). The van der Waals surface area contributed by atoms with Gasteiger partial charge in [0, 0.05) is 13.2 Å². The Morgan fingerprint density at radius 1 is 1.61 bits per heavy atom. The van der Waals surface area contributed by atoms with Gasteiger partial charge in [-0.25, -0.2) is 0 Å². The van der Waals surface area contributed by atoms with Crippen LogP contribution in [0.25, 0.3) is 0 Å². The largest absolute Gasteiger partial charge is 0.394 e. The standard InChI is InChI=1S/C13H21N3O2/c1-10-3-6-13(9-17,7-4-10)15-12(18)11-5-8-14-16(11)2/h5,8,10,17H,3-4,6-7,9H2,1-2H3,(H,15,18). The van der Waals surface area contributed by atoms with Gasteiger partial charge < -0.3 is 10.4 Å². The zero-order chi connectivity index (χ0) is 13.2. The smallest absolute Gasteiger partial charge is 0.270 e. The first-order valence-corrected chi connectivity index (χ1v) is 6.48. The van der Waals surface area contributed by atoms with Crippen molar-refractivity contribution in [2.24, 2.45) is 13.0 Å². The minimum atomic E-state index is -0.451. The van der Waals surface area contributed by atoms with Crippen molar-refractivity contribution in [3.05, 3.63) is 18.0 Å². The molecule has 18 heavy (non-hydrogen) atoms. The topological polar surface area (TPSA) is 67.2 Å². The van der Waals surface area contributed by atoms with E-state index < -0.39 is 5.54 Å². The van der Waals surface area contributed by atoms with Gasteiger partial charge in [-0.2, -0.15) is 5.10 Å². The van der Waals surface area contributed by atoms with Crippen LogP contribution in [-0.4, -0.2) is 32.9 Å². The Bertz CT molecular complexity index is 420. The fraction of sp³-hybridized carbons (Fsp3) is 0.692. The van der Waals surface area contributed by atoms with Gasteiger partial charge in [0.15, 0.2) is 0 Å². The third kappa shape index (κ3) is 2.56. The Morgan fingerprint density at radius 2 is 2.28 bits per heavy atom. The fourth-order valence-electron chi connectivity index (χ4n) is 2.54. The van der Waals surface area contributed by atoms with Crippen molar-refractivity contribution in [3.8, 4) is 0 Å². The van der Waals surface area contributed by atoms with Gasteiger partial charge in [0.05, 0.1) is 12.1 Å². The summed E-state index contributed by atoms with van der Waals surface area (Å²) in [5.74, 6) is 0.525. The van der Waals surface area contributed by atoms with Gasteiger partial charge in [0.1, 0.15) is 5.69 Å². The van der Waals surface area contributed by atoms with Gasteiger partial charge in [0.2, 0.25) is 0 Å². The average Bonchev–Trinajstić information content (AvgIpc) is 2.79. The molecule has 5 heteroatoms. The van der Waals surface area contributed by atoms with Crippen LogP contribution in [-0.2, 0) is 7.05 Å². The number of carbonyl (C=O) groups is 1. The highest BCUT2D eigenvalue weighted by atomic mass is 16.3. The van der Waals surface area contributed by atoms with Gasteiger partial charge in [0.25, 0.3) is 5.91 Å². The van der Waals surface area contributed by atoms with Crippen LogP contribution in [0.2, 0.25) is 0 Å². The van der Waals surface area contributed by atoms with Gasteiger partial charge in [-0.1, -0.05) is 6.92 Å². The van der Waals surface area contributed by atoms with E-state index in [9.17, 15) is 9.90 Å². The maximum Gasteiger partial charge on any atom is 0.270 e. The SMILES string of the molecule is CC1CCC(CO)(NC(=O)c2ccnn2C)CC1. The number of hydrogen-bond acceptors (Lipinski definition) is 3. The summed E-state index contributed by atoms with van der Waals surface area (Å²) in [5, 5.41) is 16.6. The summed E-state index contributed by atoms with van der Waals surface area (Å²) in [7, 11) is 1.74. The molecule has 1 heterocycles. The molecule has 1 aromatic rings. The molecule has 5 nitrogen and oxygen atoms in total. The highest BCUT2D eigenvalue weighted by Gasteiger charge is 2.35. The zero-order valence-electron chi connectivity index (χ0n) is 11.0. The second-order valence-corrected chi connectivity index (χ2v) is 5.42. The third-order valence-corrected chi connectivity index (χ3v) is 3.97. The summed E-state index contributed by atoms with van der Waals surface area (Å²) in [4.78, 5) is 12.2. The lowest BCUT2D eigenvalue weighted by Crippen LogP contribution is -2.53. The van der Waals surface area contributed by atoms with E-state index in [-0.39, 0.29) is 12.5 Å². The predicted molar refractivity (Wildman–Crippen MR) is 68.1 cm³/mol. The van der Waals surface area contributed by atoms with Gasteiger partial charge in [-0.15, -0.1) is 0 Å². The summed E-state index contributed by atoms with van der Waals surface area (Å²) in [6.45, 7) is 2.22. The second kappa shape index (κ2) is 5.10. The van der Waals surface area contributed by atoms with Crippen molar-refractivity contribution < 1.29 is 9.90 Å². The van der Waals surface area contributed by atoms with Crippen molar-refractivity contribution in [2.45, 2.75) is 38.1 Å². The summed E-state index contributed by atoms with van der Waals surface area (Å²) in [6, 6.07) is 1.69. The Balaban J connectivity index is 2.07. The highest BCUT2D eigenvalue weighted by molar-refractivity contribution is 5.93. The van der Waals surface area contributed by atoms with Crippen LogP contribution in [0.3, 0.4) is 0 Å². The molecular weight excluding hydrogens is 230 g/mol. The molecule has 0 spiro atoms. The molecule has 2 N–H and O–H groups in total. The molecule has 1 amide bonds. The Kier molecular flexibility index (Phi) is 3.71. The quantitative estimate of drug-likeness (QED) is 0.845. The average molecular weight is 251 g/mol. The second-order valence-electron chi connectivity index (χ2n) is 5.42. The normalized spacial score (nSPS) is 28.1. The minimum Gasteiger partial charge on any atom is -0.394 e. The number of aryl methyl sites for hydroxylation is 1. The highest BCUT2D eigenvalue weighted by Crippen LogP contribution is 2.31. The van der Waals surface area contributed by atoms with E-state index in [1.807, 2.05) is 0 Å². The molecule has 0 atom stereocenters. The Hall–Kier alpha value is -1.36. The van der Waals surface area contributed by atoms with E-state index in [0.29, 0.717) is 11.6 Å². The van der Waals surface area contributed by atoms with E-state index in [0.717, 1.165) is 25.7 Å². The van der Waals surface area contributed by atoms with Gasteiger partial charge in [-0.3, -0.25) is 9.48 Å². The van der Waals surface area contributed by atoms with E-state index in [1.165, 1.54) is 0 Å². The van der Waals surface area contributed by atoms with E-state index in [2.05, 4.69) is 17.3 Å². The van der Waals surface area contributed by atoms with Crippen LogP contribution >= 0.6 is 0 Å². The zero-order valence-corrected chi connectivity index (χ0v) is 11.0. The molecule has 0 saturated heterocycles. The van der Waals surface area contributed by atoms with E-state index in [1.54, 1.807) is 24.0 Å². The summed E-state index contributed by atoms with van der Waals surface area (Å²) >= 11 is 0. The van der Waals surface area contributed by atoms with Gasteiger partial charge in [-0.05, 0) is 37.7 Å². The van der Waals surface area contributed by atoms with Crippen molar-refractivity contribution >= 4 is 5.91 Å². The van der Waals surface area contributed by atoms with Crippen molar-refractivity contribution in [1.29, 1.82) is 0 Å². The van der Waals surface area contributed by atoms with Crippen molar-refractivity contribution in [1.82, 2.24) is 15.1 Å². The van der Waals surface area contributed by atoms with Crippen LogP contribution in [0.1, 0.15) is 43.1 Å². The van der Waals surface area contributed by atoms with Crippen LogP contribution in [0, 0.1) is 5.92 Å². The summed E-state index contributed by atoms with van der Waals surface area (Å²) < 4.78 is 1.55. The number of amides is 1. The number of nitrogens with one attached hydrogen (secondary N) is 1. The summed E-state index contributed by atoms with van der Waals surface area (Å²) in [5.41, 5.74) is 0.0786. The third-order valence-electron chi connectivity index (χ3n) is 3.97. The fourth-order valence-corrected chi connectivity index (χ4v) is 2.54. The number of aliphatic hydroxyl groups excluding tert-OH is 1. The molecule has 1 saturated carbocycles. The van der Waals surface area contributed by atoms with Crippen LogP contribution < -0.4 is 5.32 Å². The lowest BCUT2D eigenvalue weighted by atomic mass is 9.77. The molecular formula is C13H21N3O2. The monoisotopic (exact) mass is 251 g/mol. The van der Waals surface area contributed by atoms with Crippen molar-refractivity contribution in [2.75, 3.05) is 6.61 Å². The number of aliphatic hydroxyl groups is 1. The number of hydrogen-bond donors (Lipinski definition) is 2. The Labute approximate surface area is 107 Å². The maximum absolute atomic E-state index is 12.2. The lowest BCUT2D eigenvalue weighted by molar-refractivity contribution is 0.0709. The molecule has 0 aromatic carbocycles. The predicted octanol–water partition coefficient (Wildman–Crippen LogP) is 1.09. The molecule has 0 bridgehead atoms. The molecule has 1 aliphatic rings. The number of carbonyl (C=O) groups excluding carboxylic acids is 1. The molecule has 1 aliphatic carbocycles. The maximum atomic E-state index is 12.2. The minimum absolute atomic E-state index is 0.00329. The first-order chi connectivity index (χ1) is 8.56. The van der Waals surface area contributed by atoms with E-state index in [4.69, 9.17) is 0 Å². The number of nitrogens with zero attached hydrogens (tertiary/aromatic N) is 2. The molecule has 100 valence electrons. The van der Waals surface area contributed by atoms with Crippen molar-refractivity contribution in [3.63, 3.8) is 0 Å². The van der Waals surface area contributed by atoms with Crippen LogP contribution in [0.15, 0.2) is 12.3 Å². The first-order valence-electron chi connectivity index (χ1n) is 6.48. The number of rotatable bonds is 3. The molecule has 0 unspecified atom stereocenters. The number of aromatic nitrogens is 2. The van der Waals surface area contributed by atoms with Gasteiger partial charge >= 0.3 is 0 Å². The molecule has 1 fully saturated rings.